The van der Waals surface area contributed by atoms with Gasteiger partial charge in [-0.1, -0.05) is 6.07 Å². The van der Waals surface area contributed by atoms with E-state index in [1.54, 1.807) is 0 Å². The summed E-state index contributed by atoms with van der Waals surface area (Å²) in [4.78, 5) is 18.5. The molecule has 4 nitrogen and oxygen atoms in total. The Morgan fingerprint density at radius 3 is 2.75 bits per heavy atom. The zero-order chi connectivity index (χ0) is 14.4. The normalized spacial score (nSPS) is 16.4. The summed E-state index contributed by atoms with van der Waals surface area (Å²) in [5.74, 6) is 1.01. The molecule has 0 aromatic carbocycles. The van der Waals surface area contributed by atoms with Gasteiger partial charge in [-0.05, 0) is 57.3 Å². The molecule has 0 atom stereocenters. The van der Waals surface area contributed by atoms with Gasteiger partial charge in [0.05, 0.1) is 6.42 Å². The first kappa shape index (κ1) is 15.0. The quantitative estimate of drug-likeness (QED) is 0.891. The zero-order valence-electron chi connectivity index (χ0n) is 12.6. The van der Waals surface area contributed by atoms with Crippen LogP contribution >= 0.6 is 0 Å². The van der Waals surface area contributed by atoms with Gasteiger partial charge >= 0.3 is 0 Å². The van der Waals surface area contributed by atoms with E-state index in [1.807, 2.05) is 37.2 Å². The van der Waals surface area contributed by atoms with Crippen LogP contribution in [0.5, 0.6) is 0 Å². The van der Waals surface area contributed by atoms with Crippen molar-refractivity contribution in [2.75, 3.05) is 26.7 Å². The van der Waals surface area contributed by atoms with Crippen molar-refractivity contribution in [2.24, 2.45) is 5.92 Å². The lowest BCUT2D eigenvalue weighted by molar-refractivity contribution is -0.131. The van der Waals surface area contributed by atoms with Crippen LogP contribution in [-0.2, 0) is 11.2 Å². The maximum Gasteiger partial charge on any atom is 0.227 e. The first-order chi connectivity index (χ1) is 9.69. The zero-order valence-corrected chi connectivity index (χ0v) is 12.6. The second-order valence-corrected chi connectivity index (χ2v) is 5.70. The molecule has 2 rings (SSSR count). The molecule has 20 heavy (non-hydrogen) atoms. The van der Waals surface area contributed by atoms with E-state index in [4.69, 9.17) is 0 Å². The largest absolute Gasteiger partial charge is 0.342 e. The third-order valence-corrected chi connectivity index (χ3v) is 4.10. The molecule has 4 heteroatoms. The molecule has 0 radical (unpaired) electrons. The van der Waals surface area contributed by atoms with Gasteiger partial charge in [-0.2, -0.15) is 0 Å². The summed E-state index contributed by atoms with van der Waals surface area (Å²) in [5, 5.41) is 3.20. The minimum absolute atomic E-state index is 0.239. The maximum absolute atomic E-state index is 12.3. The van der Waals surface area contributed by atoms with E-state index < -0.39 is 0 Å². The number of rotatable bonds is 5. The Hall–Kier alpha value is -1.42. The smallest absolute Gasteiger partial charge is 0.227 e. The van der Waals surface area contributed by atoms with Gasteiger partial charge in [0, 0.05) is 25.0 Å². The number of nitrogens with one attached hydrogen (secondary N) is 1. The van der Waals surface area contributed by atoms with E-state index in [-0.39, 0.29) is 5.91 Å². The number of carbonyl (C=O) groups is 1. The van der Waals surface area contributed by atoms with Crippen molar-refractivity contribution in [3.8, 4) is 0 Å². The molecule has 2 heterocycles. The molecule has 1 aliphatic heterocycles. The molecule has 110 valence electrons. The second kappa shape index (κ2) is 7.39. The fraction of sp³-hybridized carbons (Fsp3) is 0.625. The van der Waals surface area contributed by atoms with Crippen LogP contribution in [0.25, 0.3) is 0 Å². The van der Waals surface area contributed by atoms with E-state index in [9.17, 15) is 4.79 Å². The van der Waals surface area contributed by atoms with Gasteiger partial charge in [0.25, 0.3) is 0 Å². The van der Waals surface area contributed by atoms with Crippen molar-refractivity contribution in [2.45, 2.75) is 32.6 Å². The second-order valence-electron chi connectivity index (χ2n) is 5.70. The summed E-state index contributed by atoms with van der Waals surface area (Å²) < 4.78 is 0. The van der Waals surface area contributed by atoms with E-state index >= 15 is 0 Å². The molecule has 1 aromatic heterocycles. The third kappa shape index (κ3) is 4.30. The van der Waals surface area contributed by atoms with E-state index in [0.717, 1.165) is 49.7 Å². The number of carbonyl (C=O) groups excluding carboxylic acids is 1. The number of piperidine rings is 1. The summed E-state index contributed by atoms with van der Waals surface area (Å²) in [5.41, 5.74) is 2.00. The highest BCUT2D eigenvalue weighted by atomic mass is 16.2. The predicted octanol–water partition coefficient (Wildman–Crippen LogP) is 1.78. The average Bonchev–Trinajstić information content (AvgIpc) is 2.48. The first-order valence-corrected chi connectivity index (χ1v) is 7.53. The van der Waals surface area contributed by atoms with Crippen molar-refractivity contribution in [3.63, 3.8) is 0 Å². The fourth-order valence-electron chi connectivity index (χ4n) is 2.71. The van der Waals surface area contributed by atoms with Crippen LogP contribution in [-0.4, -0.2) is 42.5 Å². The van der Waals surface area contributed by atoms with E-state index in [0.29, 0.717) is 6.42 Å². The summed E-state index contributed by atoms with van der Waals surface area (Å²) in [6.07, 6.45) is 5.79. The van der Waals surface area contributed by atoms with Crippen molar-refractivity contribution >= 4 is 5.91 Å². The Morgan fingerprint density at radius 2 is 2.15 bits per heavy atom. The number of aryl methyl sites for hydroxylation is 1. The number of hydrogen-bond acceptors (Lipinski definition) is 3. The molecule has 1 amide bonds. The number of aromatic nitrogens is 1. The van der Waals surface area contributed by atoms with Crippen LogP contribution in [0.3, 0.4) is 0 Å². The lowest BCUT2D eigenvalue weighted by atomic mass is 9.93. The van der Waals surface area contributed by atoms with Crippen LogP contribution in [0, 0.1) is 12.8 Å². The predicted molar refractivity (Wildman–Crippen MR) is 80.5 cm³/mol. The minimum Gasteiger partial charge on any atom is -0.342 e. The molecule has 0 bridgehead atoms. The van der Waals surface area contributed by atoms with Crippen molar-refractivity contribution < 1.29 is 4.79 Å². The number of hydrogen-bond donors (Lipinski definition) is 1. The Labute approximate surface area is 121 Å². The van der Waals surface area contributed by atoms with Gasteiger partial charge in [-0.3, -0.25) is 9.78 Å². The number of nitrogens with zero attached hydrogens (tertiary/aromatic N) is 2. The SMILES string of the molecule is CNCCC1CCN(C(=O)Cc2ccc(C)nc2)CC1. The first-order valence-electron chi connectivity index (χ1n) is 7.53. The summed E-state index contributed by atoms with van der Waals surface area (Å²) >= 11 is 0. The highest BCUT2D eigenvalue weighted by Gasteiger charge is 2.22. The minimum atomic E-state index is 0.239. The lowest BCUT2D eigenvalue weighted by Gasteiger charge is -2.32. The monoisotopic (exact) mass is 275 g/mol. The van der Waals surface area contributed by atoms with E-state index in [1.165, 1.54) is 6.42 Å². The Bertz CT molecular complexity index is 422. The molecule has 0 saturated carbocycles. The molecule has 0 aliphatic carbocycles. The maximum atomic E-state index is 12.3. The highest BCUT2D eigenvalue weighted by Crippen LogP contribution is 2.20. The number of pyridine rings is 1. The van der Waals surface area contributed by atoms with Gasteiger partial charge in [0.15, 0.2) is 0 Å². The van der Waals surface area contributed by atoms with Crippen LogP contribution in [0.1, 0.15) is 30.5 Å². The van der Waals surface area contributed by atoms with Crippen LogP contribution < -0.4 is 5.32 Å². The summed E-state index contributed by atoms with van der Waals surface area (Å²) in [6, 6.07) is 3.96. The molecule has 1 fully saturated rings. The van der Waals surface area contributed by atoms with Crippen LogP contribution in [0.2, 0.25) is 0 Å². The number of likely N-dealkylation sites (tertiary alicyclic amines) is 1. The average molecular weight is 275 g/mol. The molecule has 1 aliphatic rings. The molecule has 0 spiro atoms. The van der Waals surface area contributed by atoms with Gasteiger partial charge < -0.3 is 10.2 Å². The third-order valence-electron chi connectivity index (χ3n) is 4.10. The molecular formula is C16H25N3O. The van der Waals surface area contributed by atoms with Crippen molar-refractivity contribution in [3.05, 3.63) is 29.6 Å². The highest BCUT2D eigenvalue weighted by molar-refractivity contribution is 5.78. The molecule has 1 aromatic rings. The molecular weight excluding hydrogens is 250 g/mol. The van der Waals surface area contributed by atoms with Crippen LogP contribution in [0.15, 0.2) is 18.3 Å². The van der Waals surface area contributed by atoms with Crippen molar-refractivity contribution in [1.82, 2.24) is 15.2 Å². The van der Waals surface area contributed by atoms with Gasteiger partial charge in [0.2, 0.25) is 5.91 Å². The van der Waals surface area contributed by atoms with Crippen molar-refractivity contribution in [1.29, 1.82) is 0 Å². The summed E-state index contributed by atoms with van der Waals surface area (Å²) in [6.45, 7) is 4.86. The Morgan fingerprint density at radius 1 is 1.40 bits per heavy atom. The topological polar surface area (TPSA) is 45.2 Å². The molecule has 1 saturated heterocycles. The number of amides is 1. The lowest BCUT2D eigenvalue weighted by Crippen LogP contribution is -2.39. The van der Waals surface area contributed by atoms with Gasteiger partial charge in [0.1, 0.15) is 0 Å². The Balaban J connectivity index is 1.78. The fourth-order valence-corrected chi connectivity index (χ4v) is 2.71. The summed E-state index contributed by atoms with van der Waals surface area (Å²) in [7, 11) is 1.99. The van der Waals surface area contributed by atoms with E-state index in [2.05, 4.69) is 10.3 Å². The van der Waals surface area contributed by atoms with Gasteiger partial charge in [-0.25, -0.2) is 0 Å². The van der Waals surface area contributed by atoms with Crippen LogP contribution in [0.4, 0.5) is 0 Å². The standard InChI is InChI=1S/C16H25N3O/c1-13-3-4-15(12-18-13)11-16(20)19-9-6-14(7-10-19)5-8-17-2/h3-4,12,14,17H,5-11H2,1-2H3. The van der Waals surface area contributed by atoms with Gasteiger partial charge in [-0.15, -0.1) is 0 Å². The molecule has 1 N–H and O–H groups in total. The molecule has 0 unspecified atom stereocenters. The Kier molecular flexibility index (Phi) is 5.53.